The second kappa shape index (κ2) is 4.56. The van der Waals surface area contributed by atoms with E-state index in [2.05, 4.69) is 0 Å². The van der Waals surface area contributed by atoms with Crippen LogP contribution in [0.15, 0.2) is 6.07 Å². The highest BCUT2D eigenvalue weighted by Gasteiger charge is 2.42. The van der Waals surface area contributed by atoms with Gasteiger partial charge >= 0.3 is 0 Å². The first-order valence-electron chi connectivity index (χ1n) is 6.50. The summed E-state index contributed by atoms with van der Waals surface area (Å²) in [6.45, 7) is 1.02. The predicted molar refractivity (Wildman–Crippen MR) is 66.4 cm³/mol. The zero-order valence-corrected chi connectivity index (χ0v) is 10.9. The first kappa shape index (κ1) is 12.5. The normalized spacial score (nSPS) is 19.7. The number of rotatable bonds is 3. The minimum Gasteiger partial charge on any atom is -0.493 e. The molecule has 3 rings (SSSR count). The Kier molecular flexibility index (Phi) is 3.01. The molecule has 0 unspecified atom stereocenters. The van der Waals surface area contributed by atoms with Crippen LogP contribution in [0.1, 0.15) is 24.8 Å². The Morgan fingerprint density at radius 3 is 2.79 bits per heavy atom. The van der Waals surface area contributed by atoms with Crippen LogP contribution in [-0.4, -0.2) is 31.0 Å². The van der Waals surface area contributed by atoms with E-state index in [1.807, 2.05) is 0 Å². The van der Waals surface area contributed by atoms with Crippen LogP contribution in [0.25, 0.3) is 0 Å². The van der Waals surface area contributed by atoms with Crippen molar-refractivity contribution < 1.29 is 23.7 Å². The third-order valence-corrected chi connectivity index (χ3v) is 3.58. The molecule has 1 heterocycles. The molecule has 2 aliphatic rings. The molecule has 5 heteroatoms. The molecule has 104 valence electrons. The van der Waals surface area contributed by atoms with Gasteiger partial charge in [0.15, 0.2) is 23.1 Å². The van der Waals surface area contributed by atoms with Crippen LogP contribution in [0.2, 0.25) is 0 Å². The zero-order valence-electron chi connectivity index (χ0n) is 10.9. The van der Waals surface area contributed by atoms with Crippen molar-refractivity contribution in [3.63, 3.8) is 0 Å². The average molecular weight is 268 g/mol. The van der Waals surface area contributed by atoms with E-state index >= 15 is 0 Å². The van der Waals surface area contributed by atoms with Gasteiger partial charge in [-0.3, -0.25) is 0 Å². The fourth-order valence-corrected chi connectivity index (χ4v) is 2.35. The van der Waals surface area contributed by atoms with Crippen molar-refractivity contribution in [1.29, 1.82) is 0 Å². The molecule has 1 N–H and O–H groups in total. The number of aliphatic hydroxyl groups is 1. The smallest absolute Gasteiger partial charge is 0.169 e. The fourth-order valence-electron chi connectivity index (χ4n) is 2.35. The number of ether oxygens (including phenoxy) is 3. The standard InChI is InChI=1S/C14H17FO4/c1-17-12-9(8-14(16)3-4-14)13-11(7-10(12)15)18-5-2-6-19-13/h7,16H,2-6,8H2,1H3. The van der Waals surface area contributed by atoms with Crippen molar-refractivity contribution in [2.75, 3.05) is 20.3 Å². The maximum atomic E-state index is 14.0. The molecule has 19 heavy (non-hydrogen) atoms. The maximum Gasteiger partial charge on any atom is 0.169 e. The third-order valence-electron chi connectivity index (χ3n) is 3.58. The monoisotopic (exact) mass is 268 g/mol. The lowest BCUT2D eigenvalue weighted by Gasteiger charge is -2.18. The highest BCUT2D eigenvalue weighted by atomic mass is 19.1. The van der Waals surface area contributed by atoms with Gasteiger partial charge in [0.1, 0.15) is 0 Å². The molecule has 4 nitrogen and oxygen atoms in total. The molecule has 1 fully saturated rings. The molecule has 0 atom stereocenters. The summed E-state index contributed by atoms with van der Waals surface area (Å²) in [5.74, 6) is 0.571. The molecular weight excluding hydrogens is 251 g/mol. The number of fused-ring (bicyclic) bond motifs is 1. The number of benzene rings is 1. The van der Waals surface area contributed by atoms with Crippen LogP contribution in [0.3, 0.4) is 0 Å². The van der Waals surface area contributed by atoms with E-state index in [9.17, 15) is 9.50 Å². The zero-order chi connectivity index (χ0) is 13.5. The third kappa shape index (κ3) is 2.34. The van der Waals surface area contributed by atoms with Crippen molar-refractivity contribution >= 4 is 0 Å². The van der Waals surface area contributed by atoms with E-state index in [1.54, 1.807) is 0 Å². The summed E-state index contributed by atoms with van der Waals surface area (Å²) >= 11 is 0. The quantitative estimate of drug-likeness (QED) is 0.911. The molecule has 0 aromatic heterocycles. The van der Waals surface area contributed by atoms with Crippen LogP contribution in [0.4, 0.5) is 4.39 Å². The summed E-state index contributed by atoms with van der Waals surface area (Å²) in [7, 11) is 1.42. The van der Waals surface area contributed by atoms with Gasteiger partial charge < -0.3 is 19.3 Å². The first-order valence-corrected chi connectivity index (χ1v) is 6.50. The lowest BCUT2D eigenvalue weighted by molar-refractivity contribution is 0.148. The predicted octanol–water partition coefficient (Wildman–Crippen LogP) is 2.06. The second-order valence-corrected chi connectivity index (χ2v) is 5.15. The molecule has 0 radical (unpaired) electrons. The van der Waals surface area contributed by atoms with Crippen molar-refractivity contribution in [3.05, 3.63) is 17.4 Å². The highest BCUT2D eigenvalue weighted by Crippen LogP contribution is 2.47. The fraction of sp³-hybridized carbons (Fsp3) is 0.571. The van der Waals surface area contributed by atoms with Crippen molar-refractivity contribution in [2.45, 2.75) is 31.3 Å². The van der Waals surface area contributed by atoms with E-state index in [4.69, 9.17) is 14.2 Å². The number of halogens is 1. The molecule has 0 spiro atoms. The van der Waals surface area contributed by atoms with E-state index < -0.39 is 11.4 Å². The van der Waals surface area contributed by atoms with Gasteiger partial charge in [0.25, 0.3) is 0 Å². The van der Waals surface area contributed by atoms with Crippen LogP contribution in [0.5, 0.6) is 17.2 Å². The SMILES string of the molecule is COc1c(F)cc2c(c1CC1(O)CC1)OCCCO2. The summed E-state index contributed by atoms with van der Waals surface area (Å²) in [5.41, 5.74) is -0.177. The number of hydrogen-bond donors (Lipinski definition) is 1. The Labute approximate surface area is 111 Å². The van der Waals surface area contributed by atoms with Crippen LogP contribution < -0.4 is 14.2 Å². The van der Waals surface area contributed by atoms with Crippen molar-refractivity contribution in [2.24, 2.45) is 0 Å². The second-order valence-electron chi connectivity index (χ2n) is 5.15. The van der Waals surface area contributed by atoms with Gasteiger partial charge in [0.2, 0.25) is 0 Å². The Morgan fingerprint density at radius 1 is 1.37 bits per heavy atom. The van der Waals surface area contributed by atoms with Gasteiger partial charge in [-0.25, -0.2) is 4.39 Å². The van der Waals surface area contributed by atoms with Crippen LogP contribution >= 0.6 is 0 Å². The first-order chi connectivity index (χ1) is 9.13. The lowest BCUT2D eigenvalue weighted by atomic mass is 10.0. The molecule has 1 saturated carbocycles. The Morgan fingerprint density at radius 2 is 2.11 bits per heavy atom. The molecule has 0 bridgehead atoms. The summed E-state index contributed by atoms with van der Waals surface area (Å²) in [6, 6.07) is 1.29. The summed E-state index contributed by atoms with van der Waals surface area (Å²) in [6.07, 6.45) is 2.53. The number of methoxy groups -OCH3 is 1. The van der Waals surface area contributed by atoms with Gasteiger partial charge in [-0.15, -0.1) is 0 Å². The summed E-state index contributed by atoms with van der Waals surface area (Å²) in [5, 5.41) is 10.1. The minimum atomic E-state index is -0.746. The van der Waals surface area contributed by atoms with E-state index in [1.165, 1.54) is 13.2 Å². The topological polar surface area (TPSA) is 47.9 Å². The van der Waals surface area contributed by atoms with E-state index in [0.717, 1.165) is 19.3 Å². The van der Waals surface area contributed by atoms with E-state index in [-0.39, 0.29) is 5.75 Å². The highest BCUT2D eigenvalue weighted by molar-refractivity contribution is 5.56. The van der Waals surface area contributed by atoms with Gasteiger partial charge in [0.05, 0.1) is 25.9 Å². The molecule has 1 aromatic carbocycles. The molecule has 1 aliphatic carbocycles. The maximum absolute atomic E-state index is 14.0. The lowest BCUT2D eigenvalue weighted by Crippen LogP contribution is -2.14. The van der Waals surface area contributed by atoms with Crippen molar-refractivity contribution in [1.82, 2.24) is 0 Å². The molecule has 0 amide bonds. The average Bonchev–Trinajstić information content (AvgIpc) is 3.13. The summed E-state index contributed by atoms with van der Waals surface area (Å²) in [4.78, 5) is 0. The van der Waals surface area contributed by atoms with Crippen molar-refractivity contribution in [3.8, 4) is 17.2 Å². The van der Waals surface area contributed by atoms with Gasteiger partial charge in [-0.1, -0.05) is 0 Å². The summed E-state index contributed by atoms with van der Waals surface area (Å²) < 4.78 is 30.3. The molecule has 1 aliphatic heterocycles. The van der Waals surface area contributed by atoms with Gasteiger partial charge in [-0.05, 0) is 12.8 Å². The Hall–Kier alpha value is -1.49. The Bertz CT molecular complexity index is 497. The Balaban J connectivity index is 2.08. The van der Waals surface area contributed by atoms with Gasteiger partial charge in [0, 0.05) is 24.5 Å². The molecule has 1 aromatic rings. The number of hydrogen-bond acceptors (Lipinski definition) is 4. The molecule has 0 saturated heterocycles. The minimum absolute atomic E-state index is 0.143. The molecular formula is C14H17FO4. The largest absolute Gasteiger partial charge is 0.493 e. The van der Waals surface area contributed by atoms with Crippen LogP contribution in [0, 0.1) is 5.82 Å². The van der Waals surface area contributed by atoms with Gasteiger partial charge in [-0.2, -0.15) is 0 Å². The van der Waals surface area contributed by atoms with Crippen LogP contribution in [-0.2, 0) is 6.42 Å². The van der Waals surface area contributed by atoms with E-state index in [0.29, 0.717) is 36.7 Å².